The van der Waals surface area contributed by atoms with Crippen molar-refractivity contribution in [3.8, 4) is 0 Å². The number of rotatable bonds is 5. The minimum absolute atomic E-state index is 0.355. The van der Waals surface area contributed by atoms with Crippen molar-refractivity contribution in [3.63, 3.8) is 0 Å². The molecule has 0 amide bonds. The maximum Gasteiger partial charge on any atom is 0.227 e. The Balaban J connectivity index is 1.93. The van der Waals surface area contributed by atoms with Gasteiger partial charge < -0.3 is 15.7 Å². The van der Waals surface area contributed by atoms with Crippen molar-refractivity contribution in [2.45, 2.75) is 13.0 Å². The number of fused-ring (bicyclic) bond motifs is 1. The van der Waals surface area contributed by atoms with Crippen LogP contribution >= 0.6 is 0 Å². The summed E-state index contributed by atoms with van der Waals surface area (Å²) < 4.78 is 0. The molecule has 0 aliphatic heterocycles. The van der Waals surface area contributed by atoms with Crippen LogP contribution in [0.2, 0.25) is 0 Å². The molecule has 1 unspecified atom stereocenters. The molecule has 0 saturated carbocycles. The first-order valence-electron chi connectivity index (χ1n) is 6.55. The van der Waals surface area contributed by atoms with E-state index in [4.69, 9.17) is 0 Å². The number of aliphatic hydroxyl groups is 1. The quantitative estimate of drug-likeness (QED) is 0.558. The Morgan fingerprint density at radius 2 is 2.00 bits per heavy atom. The Labute approximate surface area is 120 Å². The van der Waals surface area contributed by atoms with Gasteiger partial charge in [0, 0.05) is 12.2 Å². The van der Waals surface area contributed by atoms with Crippen LogP contribution in [0.3, 0.4) is 0 Å². The molecule has 1 atom stereocenters. The maximum atomic E-state index is 9.32. The number of H-pyrrole nitrogens is 1. The van der Waals surface area contributed by atoms with Gasteiger partial charge in [0.2, 0.25) is 11.6 Å². The van der Waals surface area contributed by atoms with E-state index in [1.54, 1.807) is 6.92 Å². The lowest BCUT2D eigenvalue weighted by Crippen LogP contribution is -2.17. The van der Waals surface area contributed by atoms with Crippen molar-refractivity contribution in [2.75, 3.05) is 17.2 Å². The van der Waals surface area contributed by atoms with Crippen LogP contribution in [0.15, 0.2) is 30.3 Å². The molecule has 3 aromatic rings. The highest BCUT2D eigenvalue weighted by atomic mass is 16.3. The molecule has 1 aromatic carbocycles. The van der Waals surface area contributed by atoms with Crippen molar-refractivity contribution in [3.05, 3.63) is 30.3 Å². The van der Waals surface area contributed by atoms with Crippen LogP contribution in [-0.2, 0) is 0 Å². The summed E-state index contributed by atoms with van der Waals surface area (Å²) in [7, 11) is 0. The van der Waals surface area contributed by atoms with E-state index in [9.17, 15) is 5.11 Å². The average Bonchev–Trinajstić information content (AvgIpc) is 2.95. The minimum atomic E-state index is -0.493. The van der Waals surface area contributed by atoms with Crippen molar-refractivity contribution in [2.24, 2.45) is 0 Å². The minimum Gasteiger partial charge on any atom is -0.392 e. The van der Waals surface area contributed by atoms with Gasteiger partial charge in [0.05, 0.1) is 6.10 Å². The number of hydrogen-bond donors (Lipinski definition) is 4. The third-order valence-corrected chi connectivity index (χ3v) is 2.78. The summed E-state index contributed by atoms with van der Waals surface area (Å²) in [5, 5.41) is 26.0. The Morgan fingerprint density at radius 3 is 2.76 bits per heavy atom. The van der Waals surface area contributed by atoms with E-state index < -0.39 is 6.10 Å². The second-order valence-electron chi connectivity index (χ2n) is 4.61. The number of hydrogen-bond acceptors (Lipinski definition) is 7. The SMILES string of the molecule is CC(O)CNc1nc(Nc2ccccc2)c2n[nH]nc2n1. The molecule has 0 saturated heterocycles. The molecule has 0 aliphatic rings. The highest BCUT2D eigenvalue weighted by molar-refractivity contribution is 5.85. The van der Waals surface area contributed by atoms with Gasteiger partial charge in [-0.25, -0.2) is 0 Å². The summed E-state index contributed by atoms with van der Waals surface area (Å²) in [4.78, 5) is 8.60. The molecule has 8 nitrogen and oxygen atoms in total. The molecule has 2 heterocycles. The summed E-state index contributed by atoms with van der Waals surface area (Å²) in [5.41, 5.74) is 1.90. The average molecular weight is 285 g/mol. The Bertz CT molecular complexity index is 726. The lowest BCUT2D eigenvalue weighted by molar-refractivity contribution is 0.208. The molecule has 108 valence electrons. The van der Waals surface area contributed by atoms with Crippen molar-refractivity contribution in [1.29, 1.82) is 0 Å². The van der Waals surface area contributed by atoms with E-state index >= 15 is 0 Å². The number of aromatic amines is 1. The van der Waals surface area contributed by atoms with Gasteiger partial charge in [0.1, 0.15) is 0 Å². The molecule has 0 bridgehead atoms. The Morgan fingerprint density at radius 1 is 1.19 bits per heavy atom. The zero-order valence-corrected chi connectivity index (χ0v) is 11.4. The number of nitrogens with zero attached hydrogens (tertiary/aromatic N) is 4. The zero-order chi connectivity index (χ0) is 14.7. The Hall–Kier alpha value is -2.74. The first-order chi connectivity index (χ1) is 10.2. The number of nitrogens with one attached hydrogen (secondary N) is 3. The predicted octanol–water partition coefficient (Wildman–Crippen LogP) is 1.28. The molecule has 0 aliphatic carbocycles. The third-order valence-electron chi connectivity index (χ3n) is 2.78. The van der Waals surface area contributed by atoms with Crippen LogP contribution in [0.1, 0.15) is 6.92 Å². The topological polar surface area (TPSA) is 112 Å². The normalized spacial score (nSPS) is 12.3. The number of aliphatic hydroxyl groups excluding tert-OH is 1. The van der Waals surface area contributed by atoms with Crippen LogP contribution in [0, 0.1) is 0 Å². The second-order valence-corrected chi connectivity index (χ2v) is 4.61. The fourth-order valence-corrected chi connectivity index (χ4v) is 1.81. The van der Waals surface area contributed by atoms with Crippen LogP contribution < -0.4 is 10.6 Å². The van der Waals surface area contributed by atoms with E-state index in [0.717, 1.165) is 5.69 Å². The third kappa shape index (κ3) is 3.06. The highest BCUT2D eigenvalue weighted by Crippen LogP contribution is 2.21. The fourth-order valence-electron chi connectivity index (χ4n) is 1.81. The van der Waals surface area contributed by atoms with E-state index in [1.165, 1.54) is 0 Å². The molecular weight excluding hydrogens is 270 g/mol. The van der Waals surface area contributed by atoms with Crippen LogP contribution in [0.4, 0.5) is 17.5 Å². The van der Waals surface area contributed by atoms with Gasteiger partial charge in [-0.2, -0.15) is 20.3 Å². The number of anilines is 3. The van der Waals surface area contributed by atoms with Crippen LogP contribution in [-0.4, -0.2) is 43.1 Å². The molecule has 0 spiro atoms. The predicted molar refractivity (Wildman–Crippen MR) is 79.4 cm³/mol. The van der Waals surface area contributed by atoms with Gasteiger partial charge in [-0.3, -0.25) is 0 Å². The molecule has 3 rings (SSSR count). The molecular formula is C13H15N7O. The van der Waals surface area contributed by atoms with E-state index in [-0.39, 0.29) is 0 Å². The monoisotopic (exact) mass is 285 g/mol. The van der Waals surface area contributed by atoms with Gasteiger partial charge >= 0.3 is 0 Å². The van der Waals surface area contributed by atoms with E-state index in [2.05, 4.69) is 36.0 Å². The summed E-state index contributed by atoms with van der Waals surface area (Å²) in [6, 6.07) is 9.65. The molecule has 0 radical (unpaired) electrons. The van der Waals surface area contributed by atoms with Gasteiger partial charge in [-0.1, -0.05) is 18.2 Å². The molecule has 21 heavy (non-hydrogen) atoms. The van der Waals surface area contributed by atoms with Gasteiger partial charge in [0.25, 0.3) is 0 Å². The molecule has 8 heteroatoms. The summed E-state index contributed by atoms with van der Waals surface area (Å²) in [5.74, 6) is 0.934. The summed E-state index contributed by atoms with van der Waals surface area (Å²) in [6.07, 6.45) is -0.493. The van der Waals surface area contributed by atoms with Gasteiger partial charge in [0.15, 0.2) is 11.3 Å². The first-order valence-corrected chi connectivity index (χ1v) is 6.55. The largest absolute Gasteiger partial charge is 0.392 e. The van der Waals surface area contributed by atoms with Crippen LogP contribution in [0.25, 0.3) is 11.2 Å². The lowest BCUT2D eigenvalue weighted by atomic mass is 10.3. The summed E-state index contributed by atoms with van der Waals surface area (Å²) >= 11 is 0. The molecule has 2 aromatic heterocycles. The first kappa shape index (κ1) is 13.3. The number of benzene rings is 1. The van der Waals surface area contributed by atoms with E-state index in [0.29, 0.717) is 29.5 Å². The second kappa shape index (κ2) is 5.71. The number of aromatic nitrogens is 5. The zero-order valence-electron chi connectivity index (χ0n) is 11.4. The van der Waals surface area contributed by atoms with Crippen molar-refractivity contribution >= 4 is 28.6 Å². The maximum absolute atomic E-state index is 9.32. The van der Waals surface area contributed by atoms with Crippen molar-refractivity contribution < 1.29 is 5.11 Å². The van der Waals surface area contributed by atoms with Crippen LogP contribution in [0.5, 0.6) is 0 Å². The van der Waals surface area contributed by atoms with Gasteiger partial charge in [-0.05, 0) is 19.1 Å². The Kier molecular flexibility index (Phi) is 3.61. The van der Waals surface area contributed by atoms with Crippen molar-refractivity contribution in [1.82, 2.24) is 25.4 Å². The lowest BCUT2D eigenvalue weighted by Gasteiger charge is -2.09. The number of para-hydroxylation sites is 1. The van der Waals surface area contributed by atoms with E-state index in [1.807, 2.05) is 30.3 Å². The molecule has 0 fully saturated rings. The standard InChI is InChI=1S/C13H15N7O/c1-8(21)7-14-13-16-11(10-12(17-13)19-20-18-10)15-9-5-3-2-4-6-9/h2-6,8,21H,7H2,1H3,(H3,14,15,16,17,18,19,20). The smallest absolute Gasteiger partial charge is 0.227 e. The highest BCUT2D eigenvalue weighted by Gasteiger charge is 2.12. The molecule has 4 N–H and O–H groups in total. The summed E-state index contributed by atoms with van der Waals surface area (Å²) in [6.45, 7) is 2.04. The van der Waals surface area contributed by atoms with Gasteiger partial charge in [-0.15, -0.1) is 5.10 Å². The fraction of sp³-hybridized carbons (Fsp3) is 0.231.